The van der Waals surface area contributed by atoms with Crippen molar-refractivity contribution in [2.75, 3.05) is 11.9 Å². The van der Waals surface area contributed by atoms with Crippen LogP contribution in [0.15, 0.2) is 54.9 Å². The zero-order valence-electron chi connectivity index (χ0n) is 20.2. The minimum Gasteiger partial charge on any atom is -0.324 e. The Bertz CT molecular complexity index is 1440. The molecule has 1 amide bonds. The van der Waals surface area contributed by atoms with Crippen molar-refractivity contribution < 1.29 is 30.8 Å². The second kappa shape index (κ2) is 10.5. The van der Waals surface area contributed by atoms with Crippen molar-refractivity contribution in [1.82, 2.24) is 9.29 Å². The topological polar surface area (TPSA) is 79.1 Å². The van der Waals surface area contributed by atoms with Crippen LogP contribution in [0.4, 0.5) is 23.2 Å². The highest BCUT2D eigenvalue weighted by molar-refractivity contribution is 7.90. The molecule has 1 saturated heterocycles. The Morgan fingerprint density at radius 3 is 2.32 bits per heavy atom. The summed E-state index contributed by atoms with van der Waals surface area (Å²) in [4.78, 5) is 16.9. The maximum atomic E-state index is 14.7. The molecule has 3 unspecified atom stereocenters. The number of halogens is 4. The van der Waals surface area contributed by atoms with Crippen LogP contribution in [0.2, 0.25) is 0 Å². The van der Waals surface area contributed by atoms with Gasteiger partial charge in [-0.05, 0) is 61.1 Å². The van der Waals surface area contributed by atoms with Gasteiger partial charge in [-0.15, -0.1) is 0 Å². The van der Waals surface area contributed by atoms with Crippen LogP contribution in [0.3, 0.4) is 0 Å². The van der Waals surface area contributed by atoms with Crippen molar-refractivity contribution in [3.05, 3.63) is 94.8 Å². The van der Waals surface area contributed by atoms with Crippen LogP contribution in [-0.2, 0) is 21.2 Å². The van der Waals surface area contributed by atoms with Gasteiger partial charge in [-0.3, -0.25) is 9.78 Å². The summed E-state index contributed by atoms with van der Waals surface area (Å²) < 4.78 is 82.3. The third-order valence-corrected chi connectivity index (χ3v) is 9.31. The van der Waals surface area contributed by atoms with E-state index >= 15 is 0 Å². The Labute approximate surface area is 217 Å². The average molecular weight is 548 g/mol. The first-order valence-electron chi connectivity index (χ1n) is 12.3. The van der Waals surface area contributed by atoms with Crippen LogP contribution in [0.25, 0.3) is 0 Å². The van der Waals surface area contributed by atoms with Gasteiger partial charge in [0.25, 0.3) is 0 Å². The van der Waals surface area contributed by atoms with E-state index in [9.17, 15) is 30.8 Å². The Balaban J connectivity index is 1.31. The van der Waals surface area contributed by atoms with E-state index in [-0.39, 0.29) is 40.9 Å². The van der Waals surface area contributed by atoms with Gasteiger partial charge in [0.15, 0.2) is 0 Å². The maximum Gasteiger partial charge on any atom is 0.225 e. The lowest BCUT2D eigenvalue weighted by molar-refractivity contribution is -0.116. The summed E-state index contributed by atoms with van der Waals surface area (Å²) in [6.45, 7) is 0.400. The van der Waals surface area contributed by atoms with E-state index in [4.69, 9.17) is 0 Å². The molecule has 1 aliphatic carbocycles. The molecule has 38 heavy (non-hydrogen) atoms. The van der Waals surface area contributed by atoms with E-state index in [1.807, 2.05) is 0 Å². The van der Waals surface area contributed by atoms with E-state index in [1.54, 1.807) is 0 Å². The largest absolute Gasteiger partial charge is 0.324 e. The van der Waals surface area contributed by atoms with Gasteiger partial charge in [-0.1, -0.05) is 12.1 Å². The Morgan fingerprint density at radius 1 is 0.974 bits per heavy atom. The van der Waals surface area contributed by atoms with E-state index in [0.717, 1.165) is 18.3 Å². The van der Waals surface area contributed by atoms with Crippen molar-refractivity contribution in [1.29, 1.82) is 0 Å². The zero-order valence-corrected chi connectivity index (χ0v) is 21.0. The predicted octanol–water partition coefficient (Wildman–Crippen LogP) is 4.91. The summed E-state index contributed by atoms with van der Waals surface area (Å²) in [5, 5.41) is 2.34. The van der Waals surface area contributed by atoms with Crippen LogP contribution in [0.5, 0.6) is 0 Å². The number of aromatic nitrogens is 1. The SMILES string of the molecule is O=C(CC(c1ccc(F)cc1)c1cc(F)cc(F)c1)Nc1cncc(F)c1CCC1CN1S(=O)(=O)C1CC1. The molecular weight excluding hydrogens is 522 g/mol. The fraction of sp³-hybridized carbons (Fsp3) is 0.333. The lowest BCUT2D eigenvalue weighted by atomic mass is 9.88. The van der Waals surface area contributed by atoms with Gasteiger partial charge in [-0.25, -0.2) is 26.0 Å². The number of hydrogen-bond donors (Lipinski definition) is 1. The number of rotatable bonds is 10. The monoisotopic (exact) mass is 547 g/mol. The fourth-order valence-corrected chi connectivity index (χ4v) is 6.70. The Hall–Kier alpha value is -3.31. The summed E-state index contributed by atoms with van der Waals surface area (Å²) in [6.07, 6.45) is 3.97. The summed E-state index contributed by atoms with van der Waals surface area (Å²) in [5.74, 6) is -4.15. The van der Waals surface area contributed by atoms with Gasteiger partial charge < -0.3 is 5.32 Å². The van der Waals surface area contributed by atoms with Gasteiger partial charge in [0.05, 0.1) is 23.3 Å². The van der Waals surface area contributed by atoms with Crippen LogP contribution < -0.4 is 5.32 Å². The quantitative estimate of drug-likeness (QED) is 0.289. The minimum atomic E-state index is -3.28. The molecule has 2 heterocycles. The molecule has 5 rings (SSSR count). The molecule has 0 radical (unpaired) electrons. The van der Waals surface area contributed by atoms with Gasteiger partial charge in [0, 0.05) is 36.6 Å². The standard InChI is InChI=1S/C27H25F4N3O3S/c28-18-3-1-16(2-4-18)24(17-9-19(29)11-20(30)10-17)12-27(35)33-26-14-32-13-25(31)23(26)8-5-21-15-34(21)38(36,37)22-6-7-22/h1-4,9-11,13-14,21-22,24H,5-8,12,15H2,(H,33,35). The molecule has 2 fully saturated rings. The van der Waals surface area contributed by atoms with E-state index < -0.39 is 45.1 Å². The van der Waals surface area contributed by atoms with Gasteiger partial charge in [0.1, 0.15) is 23.3 Å². The normalized spacial score (nSPS) is 19.7. The number of amides is 1. The van der Waals surface area contributed by atoms with Gasteiger partial charge in [0.2, 0.25) is 15.9 Å². The fourth-order valence-electron chi connectivity index (χ4n) is 4.69. The Kier molecular flexibility index (Phi) is 7.23. The van der Waals surface area contributed by atoms with Crippen molar-refractivity contribution in [3.63, 3.8) is 0 Å². The molecule has 2 aromatic carbocycles. The number of nitrogens with zero attached hydrogens (tertiary/aromatic N) is 2. The number of sulfonamides is 1. The lowest BCUT2D eigenvalue weighted by Crippen LogP contribution is -2.20. The van der Waals surface area contributed by atoms with Gasteiger partial charge in [-0.2, -0.15) is 4.31 Å². The van der Waals surface area contributed by atoms with Crippen molar-refractivity contribution in [3.8, 4) is 0 Å². The number of carbonyl (C=O) groups excluding carboxylic acids is 1. The van der Waals surface area contributed by atoms with Crippen LogP contribution in [0, 0.1) is 23.3 Å². The summed E-state index contributed by atoms with van der Waals surface area (Å²) in [5.41, 5.74) is 0.983. The average Bonchev–Trinajstić information content (AvgIpc) is 3.76. The third kappa shape index (κ3) is 5.88. The number of benzene rings is 2. The molecule has 3 aromatic rings. The van der Waals surface area contributed by atoms with E-state index in [1.165, 1.54) is 34.8 Å². The molecule has 1 N–H and O–H groups in total. The predicted molar refractivity (Wildman–Crippen MR) is 133 cm³/mol. The number of carbonyl (C=O) groups is 1. The molecule has 1 saturated carbocycles. The molecular formula is C27H25F4N3O3S. The summed E-state index contributed by atoms with van der Waals surface area (Å²) in [6, 6.07) is 7.97. The van der Waals surface area contributed by atoms with Crippen molar-refractivity contribution >= 4 is 21.6 Å². The first-order chi connectivity index (χ1) is 18.1. The summed E-state index contributed by atoms with van der Waals surface area (Å²) >= 11 is 0. The first-order valence-corrected chi connectivity index (χ1v) is 13.8. The molecule has 0 bridgehead atoms. The second-order valence-corrected chi connectivity index (χ2v) is 11.9. The van der Waals surface area contributed by atoms with Crippen molar-refractivity contribution in [2.45, 2.75) is 49.3 Å². The number of anilines is 1. The Morgan fingerprint density at radius 2 is 1.66 bits per heavy atom. The molecule has 1 aromatic heterocycles. The molecule has 11 heteroatoms. The molecule has 1 aliphatic heterocycles. The summed E-state index contributed by atoms with van der Waals surface area (Å²) in [7, 11) is -3.28. The maximum absolute atomic E-state index is 14.7. The van der Waals surface area contributed by atoms with Crippen LogP contribution in [0.1, 0.15) is 48.3 Å². The number of hydrogen-bond acceptors (Lipinski definition) is 4. The molecule has 200 valence electrons. The van der Waals surface area contributed by atoms with Crippen molar-refractivity contribution in [2.24, 2.45) is 0 Å². The molecule has 0 spiro atoms. The van der Waals surface area contributed by atoms with E-state index in [0.29, 0.717) is 37.4 Å². The highest BCUT2D eigenvalue weighted by Crippen LogP contribution is 2.38. The van der Waals surface area contributed by atoms with Crippen LogP contribution >= 0.6 is 0 Å². The number of pyridine rings is 1. The molecule has 2 aliphatic rings. The van der Waals surface area contributed by atoms with Crippen LogP contribution in [-0.4, -0.2) is 41.5 Å². The number of nitrogens with one attached hydrogen (secondary N) is 1. The first kappa shape index (κ1) is 26.3. The second-order valence-electron chi connectivity index (χ2n) is 9.71. The molecule has 3 atom stereocenters. The highest BCUT2D eigenvalue weighted by Gasteiger charge is 2.50. The van der Waals surface area contributed by atoms with E-state index in [2.05, 4.69) is 10.3 Å². The van der Waals surface area contributed by atoms with Gasteiger partial charge >= 0.3 is 0 Å². The minimum absolute atomic E-state index is 0.135. The molecule has 6 nitrogen and oxygen atoms in total. The highest BCUT2D eigenvalue weighted by atomic mass is 32.2. The smallest absolute Gasteiger partial charge is 0.225 e. The third-order valence-electron chi connectivity index (χ3n) is 6.89. The zero-order chi connectivity index (χ0) is 27.0. The lowest BCUT2D eigenvalue weighted by Gasteiger charge is -2.19.